The van der Waals surface area contributed by atoms with Crippen LogP contribution in [0.3, 0.4) is 0 Å². The first-order valence-electron chi connectivity index (χ1n) is 6.65. The summed E-state index contributed by atoms with van der Waals surface area (Å²) in [4.78, 5) is 12.6. The van der Waals surface area contributed by atoms with Gasteiger partial charge in [0.15, 0.2) is 0 Å². The summed E-state index contributed by atoms with van der Waals surface area (Å²) in [6.45, 7) is 5.63. The number of ether oxygens (including phenoxy) is 2. The zero-order chi connectivity index (χ0) is 13.7. The Kier molecular flexibility index (Phi) is 4.73. The van der Waals surface area contributed by atoms with Gasteiger partial charge in [-0.3, -0.25) is 0 Å². The highest BCUT2D eigenvalue weighted by molar-refractivity contribution is 5.36. The van der Waals surface area contributed by atoms with Crippen LogP contribution in [0, 0.1) is 0 Å². The standard InChI is InChI=1S/C12H21N5O2/c1-4-13-10-15-11(17-12(16-10)18-3)14-8(2)9-6-5-7-19-9/h8-9H,4-7H2,1-3H3,(H2,13,14,15,16,17). The molecule has 1 aromatic heterocycles. The molecule has 0 radical (unpaired) electrons. The second kappa shape index (κ2) is 6.51. The summed E-state index contributed by atoms with van der Waals surface area (Å²) in [5.74, 6) is 1.02. The van der Waals surface area contributed by atoms with Gasteiger partial charge in [-0.2, -0.15) is 15.0 Å². The van der Waals surface area contributed by atoms with Crippen LogP contribution in [0.2, 0.25) is 0 Å². The minimum absolute atomic E-state index is 0.157. The van der Waals surface area contributed by atoms with Gasteiger partial charge in [-0.15, -0.1) is 0 Å². The van der Waals surface area contributed by atoms with Crippen molar-refractivity contribution in [3.05, 3.63) is 0 Å². The van der Waals surface area contributed by atoms with Crippen LogP contribution < -0.4 is 15.4 Å². The highest BCUT2D eigenvalue weighted by Gasteiger charge is 2.23. The predicted octanol–water partition coefficient (Wildman–Crippen LogP) is 1.29. The molecule has 0 aliphatic carbocycles. The van der Waals surface area contributed by atoms with Crippen LogP contribution >= 0.6 is 0 Å². The average Bonchev–Trinajstić information content (AvgIpc) is 2.92. The van der Waals surface area contributed by atoms with Gasteiger partial charge < -0.3 is 20.1 Å². The third-order valence-corrected chi connectivity index (χ3v) is 3.01. The molecule has 2 atom stereocenters. The molecule has 1 saturated heterocycles. The van der Waals surface area contributed by atoms with Crippen molar-refractivity contribution < 1.29 is 9.47 Å². The first-order valence-corrected chi connectivity index (χ1v) is 6.65. The maximum absolute atomic E-state index is 5.64. The Morgan fingerprint density at radius 1 is 1.37 bits per heavy atom. The smallest absolute Gasteiger partial charge is 0.322 e. The molecule has 2 heterocycles. The van der Waals surface area contributed by atoms with Gasteiger partial charge in [0, 0.05) is 13.2 Å². The van der Waals surface area contributed by atoms with E-state index >= 15 is 0 Å². The zero-order valence-corrected chi connectivity index (χ0v) is 11.6. The maximum Gasteiger partial charge on any atom is 0.322 e. The number of aromatic nitrogens is 3. The Balaban J connectivity index is 2.07. The van der Waals surface area contributed by atoms with Crippen LogP contribution in [0.15, 0.2) is 0 Å². The van der Waals surface area contributed by atoms with Crippen LogP contribution in [-0.2, 0) is 4.74 Å². The summed E-state index contributed by atoms with van der Waals surface area (Å²) < 4.78 is 10.7. The Bertz CT molecular complexity index is 409. The lowest BCUT2D eigenvalue weighted by Crippen LogP contribution is -2.31. The molecule has 19 heavy (non-hydrogen) atoms. The Hall–Kier alpha value is -1.63. The minimum atomic E-state index is 0.157. The summed E-state index contributed by atoms with van der Waals surface area (Å²) in [5.41, 5.74) is 0. The van der Waals surface area contributed by atoms with Gasteiger partial charge in [0.1, 0.15) is 0 Å². The highest BCUT2D eigenvalue weighted by Crippen LogP contribution is 2.19. The Labute approximate surface area is 113 Å². The highest BCUT2D eigenvalue weighted by atomic mass is 16.5. The van der Waals surface area contributed by atoms with E-state index in [9.17, 15) is 0 Å². The molecule has 0 saturated carbocycles. The molecule has 2 N–H and O–H groups in total. The number of anilines is 2. The molecule has 1 aromatic rings. The molecular formula is C12H21N5O2. The van der Waals surface area contributed by atoms with Crippen LogP contribution in [-0.4, -0.2) is 47.4 Å². The second-order valence-electron chi connectivity index (χ2n) is 4.48. The van der Waals surface area contributed by atoms with E-state index in [4.69, 9.17) is 9.47 Å². The maximum atomic E-state index is 5.64. The quantitative estimate of drug-likeness (QED) is 0.803. The van der Waals surface area contributed by atoms with E-state index in [0.29, 0.717) is 17.9 Å². The number of nitrogens with one attached hydrogen (secondary N) is 2. The third kappa shape index (κ3) is 3.66. The molecular weight excluding hydrogens is 246 g/mol. The fraction of sp³-hybridized carbons (Fsp3) is 0.750. The number of hydrogen-bond donors (Lipinski definition) is 2. The molecule has 7 heteroatoms. The molecule has 0 spiro atoms. The van der Waals surface area contributed by atoms with E-state index < -0.39 is 0 Å². The van der Waals surface area contributed by atoms with Crippen molar-refractivity contribution in [2.75, 3.05) is 30.9 Å². The van der Waals surface area contributed by atoms with Crippen molar-refractivity contribution in [1.82, 2.24) is 15.0 Å². The largest absolute Gasteiger partial charge is 0.467 e. The van der Waals surface area contributed by atoms with Crippen LogP contribution in [0.25, 0.3) is 0 Å². The fourth-order valence-electron chi connectivity index (χ4n) is 2.04. The fourth-order valence-corrected chi connectivity index (χ4v) is 2.04. The van der Waals surface area contributed by atoms with Crippen molar-refractivity contribution in [2.45, 2.75) is 38.8 Å². The molecule has 0 amide bonds. The lowest BCUT2D eigenvalue weighted by molar-refractivity contribution is 0.0994. The third-order valence-electron chi connectivity index (χ3n) is 3.01. The monoisotopic (exact) mass is 267 g/mol. The number of methoxy groups -OCH3 is 1. The first-order chi connectivity index (χ1) is 9.22. The summed E-state index contributed by atoms with van der Waals surface area (Å²) in [7, 11) is 1.54. The van der Waals surface area contributed by atoms with E-state index in [1.807, 2.05) is 6.92 Å². The van der Waals surface area contributed by atoms with Crippen molar-refractivity contribution in [2.24, 2.45) is 0 Å². The normalized spacial score (nSPS) is 20.1. The van der Waals surface area contributed by atoms with Crippen LogP contribution in [0.4, 0.5) is 11.9 Å². The SMILES string of the molecule is CCNc1nc(NC(C)C2CCCO2)nc(OC)n1. The van der Waals surface area contributed by atoms with Gasteiger partial charge in [0.2, 0.25) is 11.9 Å². The number of rotatable bonds is 6. The van der Waals surface area contributed by atoms with Gasteiger partial charge in [0.05, 0.1) is 19.3 Å². The summed E-state index contributed by atoms with van der Waals surface area (Å²) in [6.07, 6.45) is 2.39. The molecule has 0 aromatic carbocycles. The molecule has 1 fully saturated rings. The second-order valence-corrected chi connectivity index (χ2v) is 4.48. The van der Waals surface area contributed by atoms with E-state index in [0.717, 1.165) is 26.0 Å². The average molecular weight is 267 g/mol. The van der Waals surface area contributed by atoms with Gasteiger partial charge in [-0.25, -0.2) is 0 Å². The van der Waals surface area contributed by atoms with E-state index in [2.05, 4.69) is 32.5 Å². The Morgan fingerprint density at radius 2 is 2.16 bits per heavy atom. The van der Waals surface area contributed by atoms with E-state index in [-0.39, 0.29) is 12.1 Å². The lowest BCUT2D eigenvalue weighted by Gasteiger charge is -2.20. The van der Waals surface area contributed by atoms with Crippen LogP contribution in [0.1, 0.15) is 26.7 Å². The van der Waals surface area contributed by atoms with Gasteiger partial charge >= 0.3 is 6.01 Å². The molecule has 7 nitrogen and oxygen atoms in total. The topological polar surface area (TPSA) is 81.2 Å². The molecule has 1 aliphatic rings. The molecule has 2 unspecified atom stereocenters. The minimum Gasteiger partial charge on any atom is -0.467 e. The number of hydrogen-bond acceptors (Lipinski definition) is 7. The van der Waals surface area contributed by atoms with Crippen molar-refractivity contribution in [3.63, 3.8) is 0 Å². The van der Waals surface area contributed by atoms with E-state index in [1.165, 1.54) is 0 Å². The number of nitrogens with zero attached hydrogens (tertiary/aromatic N) is 3. The summed E-state index contributed by atoms with van der Waals surface area (Å²) in [6, 6.07) is 0.456. The van der Waals surface area contributed by atoms with Crippen molar-refractivity contribution in [1.29, 1.82) is 0 Å². The van der Waals surface area contributed by atoms with Gasteiger partial charge in [-0.05, 0) is 26.7 Å². The van der Waals surface area contributed by atoms with Crippen molar-refractivity contribution in [3.8, 4) is 6.01 Å². The lowest BCUT2D eigenvalue weighted by atomic mass is 10.1. The molecule has 106 valence electrons. The zero-order valence-electron chi connectivity index (χ0n) is 11.6. The first kappa shape index (κ1) is 13.8. The summed E-state index contributed by atoms with van der Waals surface area (Å²) in [5, 5.41) is 6.30. The molecule has 1 aliphatic heterocycles. The van der Waals surface area contributed by atoms with Crippen LogP contribution in [0.5, 0.6) is 6.01 Å². The molecule has 0 bridgehead atoms. The summed E-state index contributed by atoms with van der Waals surface area (Å²) >= 11 is 0. The van der Waals surface area contributed by atoms with Gasteiger partial charge in [-0.1, -0.05) is 0 Å². The van der Waals surface area contributed by atoms with Gasteiger partial charge in [0.25, 0.3) is 0 Å². The van der Waals surface area contributed by atoms with Crippen molar-refractivity contribution >= 4 is 11.9 Å². The molecule has 2 rings (SSSR count). The Morgan fingerprint density at radius 3 is 2.79 bits per heavy atom. The van der Waals surface area contributed by atoms with E-state index in [1.54, 1.807) is 7.11 Å². The predicted molar refractivity (Wildman–Crippen MR) is 72.6 cm³/mol.